The molecule has 1 aromatic carbocycles. The molecular formula is C19H22N4O2. The first-order chi connectivity index (χ1) is 11.9. The first-order valence-electron chi connectivity index (χ1n) is 8.26. The van der Waals surface area contributed by atoms with Gasteiger partial charge in [-0.15, -0.1) is 0 Å². The number of benzene rings is 1. The summed E-state index contributed by atoms with van der Waals surface area (Å²) in [5, 5.41) is 0. The topological polar surface area (TPSA) is 79.5 Å². The highest BCUT2D eigenvalue weighted by molar-refractivity contribution is 5.98. The van der Waals surface area contributed by atoms with E-state index < -0.39 is 5.91 Å². The molecule has 130 valence electrons. The maximum absolute atomic E-state index is 12.9. The van der Waals surface area contributed by atoms with Crippen molar-refractivity contribution < 1.29 is 9.59 Å². The zero-order chi connectivity index (χ0) is 18.0. The molecule has 0 radical (unpaired) electrons. The summed E-state index contributed by atoms with van der Waals surface area (Å²) < 4.78 is 0. The molecule has 2 aromatic rings. The van der Waals surface area contributed by atoms with Gasteiger partial charge < -0.3 is 15.5 Å². The molecule has 1 saturated heterocycles. The van der Waals surface area contributed by atoms with Crippen LogP contribution in [0, 0.1) is 0 Å². The van der Waals surface area contributed by atoms with Crippen LogP contribution in [0.2, 0.25) is 0 Å². The number of nitrogens with zero attached hydrogens (tertiary/aromatic N) is 3. The average molecular weight is 338 g/mol. The number of pyridine rings is 1. The van der Waals surface area contributed by atoms with Crippen molar-refractivity contribution in [1.29, 1.82) is 0 Å². The molecule has 25 heavy (non-hydrogen) atoms. The lowest BCUT2D eigenvalue weighted by atomic mass is 9.96. The van der Waals surface area contributed by atoms with Crippen molar-refractivity contribution in [2.75, 3.05) is 24.5 Å². The molecule has 2 amide bonds. The number of carbonyl (C=O) groups excluding carboxylic acids is 2. The van der Waals surface area contributed by atoms with Gasteiger partial charge in [0, 0.05) is 37.6 Å². The van der Waals surface area contributed by atoms with Gasteiger partial charge in [0.25, 0.3) is 11.8 Å². The third-order valence-electron chi connectivity index (χ3n) is 4.57. The number of amides is 2. The van der Waals surface area contributed by atoms with Gasteiger partial charge >= 0.3 is 0 Å². The molecule has 0 aliphatic carbocycles. The molecule has 6 heteroatoms. The van der Waals surface area contributed by atoms with Crippen molar-refractivity contribution in [1.82, 2.24) is 9.88 Å². The highest BCUT2D eigenvalue weighted by Crippen LogP contribution is 2.28. The van der Waals surface area contributed by atoms with Crippen LogP contribution in [0.3, 0.4) is 0 Å². The fourth-order valence-electron chi connectivity index (χ4n) is 3.33. The van der Waals surface area contributed by atoms with Crippen LogP contribution in [-0.4, -0.2) is 46.9 Å². The summed E-state index contributed by atoms with van der Waals surface area (Å²) in [5.41, 5.74) is 6.94. The normalized spacial score (nSPS) is 16.6. The van der Waals surface area contributed by atoms with E-state index in [9.17, 15) is 9.59 Å². The van der Waals surface area contributed by atoms with Crippen molar-refractivity contribution in [3.63, 3.8) is 0 Å². The van der Waals surface area contributed by atoms with Gasteiger partial charge in [0.1, 0.15) is 0 Å². The van der Waals surface area contributed by atoms with E-state index >= 15 is 0 Å². The Labute approximate surface area is 147 Å². The minimum atomic E-state index is -0.497. The van der Waals surface area contributed by atoms with Crippen molar-refractivity contribution >= 4 is 17.5 Å². The van der Waals surface area contributed by atoms with Crippen molar-refractivity contribution in [3.8, 4) is 0 Å². The number of rotatable bonds is 3. The lowest BCUT2D eigenvalue weighted by Crippen LogP contribution is -2.61. The number of anilines is 1. The second-order valence-electron chi connectivity index (χ2n) is 6.81. The van der Waals surface area contributed by atoms with E-state index in [4.69, 9.17) is 5.73 Å². The lowest BCUT2D eigenvalue weighted by molar-refractivity contribution is 0.0514. The molecule has 0 bridgehead atoms. The Balaban J connectivity index is 1.84. The van der Waals surface area contributed by atoms with Crippen LogP contribution in [0.25, 0.3) is 0 Å². The molecule has 1 fully saturated rings. The summed E-state index contributed by atoms with van der Waals surface area (Å²) in [5.74, 6) is -0.473. The van der Waals surface area contributed by atoms with E-state index in [1.54, 1.807) is 12.3 Å². The lowest BCUT2D eigenvalue weighted by Gasteiger charge is -2.48. The van der Waals surface area contributed by atoms with Crippen LogP contribution >= 0.6 is 0 Å². The summed E-state index contributed by atoms with van der Waals surface area (Å²) in [6.07, 6.45) is 3.14. The fraction of sp³-hybridized carbons (Fsp3) is 0.316. The maximum Gasteiger partial charge on any atom is 0.254 e. The maximum atomic E-state index is 12.9. The van der Waals surface area contributed by atoms with Crippen LogP contribution in [0.1, 0.15) is 34.6 Å². The molecule has 3 rings (SSSR count). The minimum Gasteiger partial charge on any atom is -0.367 e. The first kappa shape index (κ1) is 17.0. The van der Waals surface area contributed by atoms with Gasteiger partial charge in [-0.1, -0.05) is 18.2 Å². The quantitative estimate of drug-likeness (QED) is 0.927. The van der Waals surface area contributed by atoms with E-state index in [0.29, 0.717) is 30.8 Å². The van der Waals surface area contributed by atoms with Crippen LogP contribution in [0.5, 0.6) is 0 Å². The van der Waals surface area contributed by atoms with Crippen LogP contribution in [0.15, 0.2) is 48.8 Å². The van der Waals surface area contributed by atoms with Crippen LogP contribution < -0.4 is 10.6 Å². The molecule has 0 atom stereocenters. The first-order valence-corrected chi connectivity index (χ1v) is 8.26. The van der Waals surface area contributed by atoms with Gasteiger partial charge in [-0.2, -0.15) is 0 Å². The molecule has 2 N–H and O–H groups in total. The Kier molecular flexibility index (Phi) is 4.44. The summed E-state index contributed by atoms with van der Waals surface area (Å²) >= 11 is 0. The highest BCUT2D eigenvalue weighted by Gasteiger charge is 2.37. The number of primary amides is 1. The van der Waals surface area contributed by atoms with Crippen molar-refractivity contribution in [2.45, 2.75) is 19.4 Å². The number of hydrogen-bond donors (Lipinski definition) is 1. The third-order valence-corrected chi connectivity index (χ3v) is 4.57. The molecule has 6 nitrogen and oxygen atoms in total. The minimum absolute atomic E-state index is 0.0232. The van der Waals surface area contributed by atoms with E-state index in [0.717, 1.165) is 5.69 Å². The SMILES string of the molecule is CC1(C)CN(c2ccncc2C(N)=O)CCN1C(=O)c1ccccc1. The van der Waals surface area contributed by atoms with E-state index in [1.165, 1.54) is 6.20 Å². The highest BCUT2D eigenvalue weighted by atomic mass is 16.2. The van der Waals surface area contributed by atoms with Crippen LogP contribution in [-0.2, 0) is 0 Å². The Morgan fingerprint density at radius 1 is 1.12 bits per heavy atom. The number of carbonyl (C=O) groups is 2. The molecule has 0 unspecified atom stereocenters. The molecule has 0 saturated carbocycles. The average Bonchev–Trinajstić information content (AvgIpc) is 2.61. The van der Waals surface area contributed by atoms with Crippen molar-refractivity contribution in [2.24, 2.45) is 5.73 Å². The zero-order valence-corrected chi connectivity index (χ0v) is 14.5. The smallest absolute Gasteiger partial charge is 0.254 e. The zero-order valence-electron chi connectivity index (χ0n) is 14.5. The predicted molar refractivity (Wildman–Crippen MR) is 96.5 cm³/mol. The Morgan fingerprint density at radius 3 is 2.48 bits per heavy atom. The van der Waals surface area contributed by atoms with Crippen LogP contribution in [0.4, 0.5) is 5.69 Å². The van der Waals surface area contributed by atoms with Gasteiger partial charge in [-0.3, -0.25) is 14.6 Å². The summed E-state index contributed by atoms with van der Waals surface area (Å²) in [6.45, 7) is 5.87. The largest absolute Gasteiger partial charge is 0.367 e. The van der Waals surface area contributed by atoms with E-state index in [1.807, 2.05) is 49.1 Å². The van der Waals surface area contributed by atoms with Gasteiger partial charge in [0.05, 0.1) is 16.8 Å². The monoisotopic (exact) mass is 338 g/mol. The number of hydrogen-bond acceptors (Lipinski definition) is 4. The molecule has 1 aromatic heterocycles. The fourth-order valence-corrected chi connectivity index (χ4v) is 3.33. The Bertz CT molecular complexity index is 789. The molecule has 1 aliphatic heterocycles. The van der Waals surface area contributed by atoms with Gasteiger partial charge in [-0.05, 0) is 32.0 Å². The third kappa shape index (κ3) is 3.33. The van der Waals surface area contributed by atoms with E-state index in [-0.39, 0.29) is 11.4 Å². The Hall–Kier alpha value is -2.89. The Morgan fingerprint density at radius 2 is 1.84 bits per heavy atom. The predicted octanol–water partition coefficient (Wildman–Crippen LogP) is 1.92. The van der Waals surface area contributed by atoms with Gasteiger partial charge in [-0.25, -0.2) is 0 Å². The molecule has 1 aliphatic rings. The van der Waals surface area contributed by atoms with Gasteiger partial charge in [0.15, 0.2) is 0 Å². The number of piperazine rings is 1. The van der Waals surface area contributed by atoms with Crippen molar-refractivity contribution in [3.05, 3.63) is 59.9 Å². The molecular weight excluding hydrogens is 316 g/mol. The molecule has 2 heterocycles. The molecule has 0 spiro atoms. The number of aromatic nitrogens is 1. The summed E-state index contributed by atoms with van der Waals surface area (Å²) in [7, 11) is 0. The second kappa shape index (κ2) is 6.55. The second-order valence-corrected chi connectivity index (χ2v) is 6.81. The summed E-state index contributed by atoms with van der Waals surface area (Å²) in [4.78, 5) is 32.5. The van der Waals surface area contributed by atoms with Gasteiger partial charge in [0.2, 0.25) is 0 Å². The van der Waals surface area contributed by atoms with E-state index in [2.05, 4.69) is 9.88 Å². The standard InChI is InChI=1S/C19H22N4O2/c1-19(2)13-22(16-8-9-21-12-15(16)17(20)24)10-11-23(19)18(25)14-6-4-3-5-7-14/h3-9,12H,10-11,13H2,1-2H3,(H2,20,24). The summed E-state index contributed by atoms with van der Waals surface area (Å²) in [6, 6.07) is 11.1. The number of nitrogens with two attached hydrogens (primary N) is 1.